The average molecular weight is 468 g/mol. The van der Waals surface area contributed by atoms with Gasteiger partial charge in [0.15, 0.2) is 5.78 Å². The summed E-state index contributed by atoms with van der Waals surface area (Å²) >= 11 is 24.4. The molecule has 0 spiro atoms. The van der Waals surface area contributed by atoms with E-state index in [1.807, 2.05) is 24.3 Å². The van der Waals surface area contributed by atoms with E-state index in [1.165, 1.54) is 0 Å². The van der Waals surface area contributed by atoms with Crippen LogP contribution in [0.4, 0.5) is 0 Å². The molecule has 1 saturated carbocycles. The van der Waals surface area contributed by atoms with Gasteiger partial charge in [0, 0.05) is 11.1 Å². The van der Waals surface area contributed by atoms with Crippen LogP contribution in [0.15, 0.2) is 47.5 Å². The molecule has 0 aliphatic heterocycles. The second-order valence-electron chi connectivity index (χ2n) is 8.49. The Morgan fingerprint density at radius 1 is 0.759 bits per heavy atom. The van der Waals surface area contributed by atoms with Crippen molar-refractivity contribution in [2.45, 2.75) is 33.6 Å². The van der Waals surface area contributed by atoms with Gasteiger partial charge in [0.05, 0.1) is 20.1 Å². The topological polar surface area (TPSA) is 17.1 Å². The fourth-order valence-electron chi connectivity index (χ4n) is 3.46. The number of benzene rings is 2. The van der Waals surface area contributed by atoms with Crippen molar-refractivity contribution in [2.24, 2.45) is 11.3 Å². The van der Waals surface area contributed by atoms with Gasteiger partial charge in [-0.3, -0.25) is 4.79 Å². The van der Waals surface area contributed by atoms with Crippen LogP contribution in [0.25, 0.3) is 12.2 Å². The monoisotopic (exact) mass is 466 g/mol. The number of allylic oxidation sites excluding steroid dienone is 2. The van der Waals surface area contributed by atoms with Gasteiger partial charge in [-0.15, -0.1) is 0 Å². The first-order chi connectivity index (χ1) is 13.5. The molecule has 0 heterocycles. The number of hydrogen-bond donors (Lipinski definition) is 0. The van der Waals surface area contributed by atoms with Crippen molar-refractivity contribution in [2.75, 3.05) is 0 Å². The van der Waals surface area contributed by atoms with Crippen molar-refractivity contribution in [3.8, 4) is 0 Å². The molecule has 0 radical (unpaired) electrons. The number of hydrogen-bond acceptors (Lipinski definition) is 1. The van der Waals surface area contributed by atoms with Gasteiger partial charge in [-0.25, -0.2) is 0 Å². The molecule has 1 nitrogen and oxygen atoms in total. The minimum atomic E-state index is 0.0580. The van der Waals surface area contributed by atoms with Crippen LogP contribution in [-0.4, -0.2) is 5.78 Å². The highest BCUT2D eigenvalue weighted by atomic mass is 35.5. The van der Waals surface area contributed by atoms with Crippen molar-refractivity contribution in [1.29, 1.82) is 0 Å². The zero-order chi connectivity index (χ0) is 21.3. The number of Topliss-reactive ketones (excluding diaryl/α,β-unsaturated/α-hetero) is 1. The Morgan fingerprint density at radius 2 is 1.17 bits per heavy atom. The smallest absolute Gasteiger partial charge is 0.185 e. The summed E-state index contributed by atoms with van der Waals surface area (Å²) in [5.41, 5.74) is 3.35. The van der Waals surface area contributed by atoms with Gasteiger partial charge < -0.3 is 0 Å². The minimum Gasteiger partial charge on any atom is -0.289 e. The number of rotatable bonds is 2. The van der Waals surface area contributed by atoms with Gasteiger partial charge in [0.1, 0.15) is 0 Å². The van der Waals surface area contributed by atoms with Crippen molar-refractivity contribution in [1.82, 2.24) is 0 Å². The van der Waals surface area contributed by atoms with Crippen molar-refractivity contribution >= 4 is 64.3 Å². The van der Waals surface area contributed by atoms with Crippen LogP contribution in [0.3, 0.4) is 0 Å². The third-order valence-electron chi connectivity index (χ3n) is 5.31. The Bertz CT molecular complexity index is 939. The summed E-state index contributed by atoms with van der Waals surface area (Å²) < 4.78 is 0. The highest BCUT2D eigenvalue weighted by Crippen LogP contribution is 2.42. The molecule has 1 aliphatic rings. The van der Waals surface area contributed by atoms with Gasteiger partial charge in [-0.1, -0.05) is 79.3 Å². The lowest BCUT2D eigenvalue weighted by Gasteiger charge is -2.35. The predicted molar refractivity (Wildman–Crippen MR) is 126 cm³/mol. The second kappa shape index (κ2) is 8.86. The summed E-state index contributed by atoms with van der Waals surface area (Å²) in [5.74, 6) is 0.394. The van der Waals surface area contributed by atoms with E-state index in [0.717, 1.165) is 35.1 Å². The molecule has 5 heteroatoms. The highest BCUT2D eigenvalue weighted by Gasteiger charge is 2.34. The van der Waals surface area contributed by atoms with Crippen molar-refractivity contribution in [3.63, 3.8) is 0 Å². The summed E-state index contributed by atoms with van der Waals surface area (Å²) in [6, 6.07) is 10.8. The molecule has 0 atom stereocenters. The van der Waals surface area contributed by atoms with Crippen LogP contribution >= 0.6 is 46.4 Å². The van der Waals surface area contributed by atoms with Gasteiger partial charge in [-0.2, -0.15) is 0 Å². The molecule has 3 rings (SSSR count). The molecule has 29 heavy (non-hydrogen) atoms. The third-order valence-corrected chi connectivity index (χ3v) is 6.79. The minimum absolute atomic E-state index is 0.0580. The molecule has 2 aromatic carbocycles. The SMILES string of the molecule is CC(C)(C)C1C/C(=C/c2ccc(Cl)c(Cl)c2)C(=O)/C(=C\c2ccc(Cl)c(Cl)c2)C1. The molecule has 0 aromatic heterocycles. The van der Waals surface area contributed by atoms with Gasteiger partial charge in [0.2, 0.25) is 0 Å². The summed E-state index contributed by atoms with van der Waals surface area (Å²) in [6.45, 7) is 6.63. The first kappa shape index (κ1) is 22.4. The van der Waals surface area contributed by atoms with E-state index >= 15 is 0 Å². The Labute approximate surface area is 192 Å². The molecule has 0 N–H and O–H groups in total. The maximum Gasteiger partial charge on any atom is 0.185 e. The average Bonchev–Trinajstić information content (AvgIpc) is 2.63. The summed E-state index contributed by atoms with van der Waals surface area (Å²) in [4.78, 5) is 13.3. The maximum absolute atomic E-state index is 13.3. The molecular formula is C24H22Cl4O. The number of carbonyl (C=O) groups is 1. The lowest BCUT2D eigenvalue weighted by molar-refractivity contribution is -0.113. The quantitative estimate of drug-likeness (QED) is 0.403. The highest BCUT2D eigenvalue weighted by molar-refractivity contribution is 6.42. The largest absolute Gasteiger partial charge is 0.289 e. The second-order valence-corrected chi connectivity index (χ2v) is 10.1. The van der Waals surface area contributed by atoms with Crippen LogP contribution in [0.5, 0.6) is 0 Å². The number of carbonyl (C=O) groups excluding carboxylic acids is 1. The lowest BCUT2D eigenvalue weighted by atomic mass is 9.68. The van der Waals surface area contributed by atoms with Gasteiger partial charge in [0.25, 0.3) is 0 Å². The molecule has 2 aromatic rings. The van der Waals surface area contributed by atoms with E-state index in [4.69, 9.17) is 46.4 Å². The Hall–Kier alpha value is -1.25. The Morgan fingerprint density at radius 3 is 1.52 bits per heavy atom. The van der Waals surface area contributed by atoms with Crippen LogP contribution in [0.1, 0.15) is 44.7 Å². The van der Waals surface area contributed by atoms with Crippen LogP contribution in [0.2, 0.25) is 20.1 Å². The first-order valence-corrected chi connectivity index (χ1v) is 10.9. The normalized spacial score (nSPS) is 20.5. The fraction of sp³-hybridized carbons (Fsp3) is 0.292. The van der Waals surface area contributed by atoms with Crippen LogP contribution in [-0.2, 0) is 4.79 Å². The maximum atomic E-state index is 13.3. The molecule has 0 bridgehead atoms. The molecule has 152 valence electrons. The summed E-state index contributed by atoms with van der Waals surface area (Å²) in [6.07, 6.45) is 5.29. The standard InChI is InChI=1S/C24H22Cl4O/c1-24(2,3)18-12-16(8-14-4-6-19(25)21(27)10-14)23(29)17(13-18)9-15-5-7-20(26)22(28)11-15/h4-11,18H,12-13H2,1-3H3/b16-8-,17-9-. The van der Waals surface area contributed by atoms with E-state index in [1.54, 1.807) is 24.3 Å². The van der Waals surface area contributed by atoms with E-state index in [2.05, 4.69) is 20.8 Å². The Balaban J connectivity index is 2.03. The van der Waals surface area contributed by atoms with Crippen LogP contribution < -0.4 is 0 Å². The van der Waals surface area contributed by atoms with E-state index in [-0.39, 0.29) is 11.2 Å². The number of halogens is 4. The molecule has 0 unspecified atom stereocenters. The van der Waals surface area contributed by atoms with E-state index in [9.17, 15) is 4.79 Å². The predicted octanol–water partition coefficient (Wildman–Crippen LogP) is 8.79. The molecule has 0 amide bonds. The van der Waals surface area contributed by atoms with Gasteiger partial charge in [-0.05, 0) is 71.7 Å². The lowest BCUT2D eigenvalue weighted by Crippen LogP contribution is -2.29. The van der Waals surface area contributed by atoms with E-state index in [0.29, 0.717) is 26.0 Å². The summed E-state index contributed by atoms with van der Waals surface area (Å²) in [5, 5.41) is 1.94. The summed E-state index contributed by atoms with van der Waals surface area (Å²) in [7, 11) is 0. The Kier molecular flexibility index (Phi) is 6.85. The third kappa shape index (κ3) is 5.47. The first-order valence-electron chi connectivity index (χ1n) is 9.40. The molecule has 1 fully saturated rings. The zero-order valence-electron chi connectivity index (χ0n) is 16.5. The molecular weight excluding hydrogens is 446 g/mol. The molecule has 1 aliphatic carbocycles. The van der Waals surface area contributed by atoms with Crippen molar-refractivity contribution < 1.29 is 4.79 Å². The van der Waals surface area contributed by atoms with Crippen LogP contribution in [0, 0.1) is 11.3 Å². The van der Waals surface area contributed by atoms with Crippen molar-refractivity contribution in [3.05, 3.63) is 78.8 Å². The zero-order valence-corrected chi connectivity index (χ0v) is 19.6. The molecule has 0 saturated heterocycles. The fourth-order valence-corrected chi connectivity index (χ4v) is 4.08. The van der Waals surface area contributed by atoms with Gasteiger partial charge >= 0.3 is 0 Å². The van der Waals surface area contributed by atoms with E-state index < -0.39 is 0 Å². The number of ketones is 1.